The van der Waals surface area contributed by atoms with Crippen molar-refractivity contribution in [1.29, 1.82) is 0 Å². The summed E-state index contributed by atoms with van der Waals surface area (Å²) in [5.41, 5.74) is 0. The molecule has 7 heteroatoms. The molecular weight excluding hydrogens is 443 g/mol. The molecule has 2 fully saturated rings. The Balaban J connectivity index is 0.00000338. The van der Waals surface area contributed by atoms with Crippen LogP contribution in [0.4, 0.5) is 0 Å². The zero-order valence-electron chi connectivity index (χ0n) is 16.7. The van der Waals surface area contributed by atoms with E-state index in [0.29, 0.717) is 5.92 Å². The molecule has 0 amide bonds. The number of nitrogens with one attached hydrogen (secondary N) is 2. The van der Waals surface area contributed by atoms with Gasteiger partial charge in [-0.3, -0.25) is 4.99 Å². The highest BCUT2D eigenvalue weighted by Crippen LogP contribution is 2.21. The Kier molecular flexibility index (Phi) is 13.7. The summed E-state index contributed by atoms with van der Waals surface area (Å²) in [7, 11) is 4.07. The van der Waals surface area contributed by atoms with E-state index in [2.05, 4.69) is 27.6 Å². The van der Waals surface area contributed by atoms with Crippen LogP contribution in [0.3, 0.4) is 0 Å². The van der Waals surface area contributed by atoms with Crippen LogP contribution in [0.5, 0.6) is 0 Å². The maximum Gasteiger partial charge on any atom is 0.191 e. The molecule has 1 heterocycles. The topological polar surface area (TPSA) is 58.1 Å². The molecular formula is C19H39IN4O2. The van der Waals surface area contributed by atoms with Crippen LogP contribution in [0.25, 0.3) is 0 Å². The molecule has 0 radical (unpaired) electrons. The van der Waals surface area contributed by atoms with E-state index in [1.807, 2.05) is 7.05 Å². The lowest BCUT2D eigenvalue weighted by Gasteiger charge is -2.24. The molecule has 0 atom stereocenters. The first-order chi connectivity index (χ1) is 12.3. The van der Waals surface area contributed by atoms with Crippen LogP contribution in [0, 0.1) is 5.92 Å². The van der Waals surface area contributed by atoms with Crippen molar-refractivity contribution in [3.05, 3.63) is 0 Å². The average molecular weight is 482 g/mol. The summed E-state index contributed by atoms with van der Waals surface area (Å²) in [5.74, 6) is 1.58. The zero-order valence-corrected chi connectivity index (χ0v) is 19.0. The maximum atomic E-state index is 5.80. The second kappa shape index (κ2) is 14.9. The van der Waals surface area contributed by atoms with E-state index in [-0.39, 0.29) is 24.0 Å². The second-order valence-electron chi connectivity index (χ2n) is 7.33. The average Bonchev–Trinajstić information content (AvgIpc) is 3.18. The summed E-state index contributed by atoms with van der Waals surface area (Å²) in [4.78, 5) is 6.78. The van der Waals surface area contributed by atoms with E-state index < -0.39 is 0 Å². The highest BCUT2D eigenvalue weighted by molar-refractivity contribution is 14.0. The fraction of sp³-hybridized carbons (Fsp3) is 0.947. The van der Waals surface area contributed by atoms with Crippen LogP contribution < -0.4 is 10.6 Å². The van der Waals surface area contributed by atoms with Crippen LogP contribution in [-0.2, 0) is 9.47 Å². The third-order valence-corrected chi connectivity index (χ3v) is 5.38. The van der Waals surface area contributed by atoms with Gasteiger partial charge in [0.1, 0.15) is 0 Å². The van der Waals surface area contributed by atoms with Gasteiger partial charge in [-0.05, 0) is 45.1 Å². The summed E-state index contributed by atoms with van der Waals surface area (Å²) in [6.07, 6.45) is 8.79. The van der Waals surface area contributed by atoms with E-state index >= 15 is 0 Å². The van der Waals surface area contributed by atoms with Crippen molar-refractivity contribution in [2.45, 2.75) is 51.0 Å². The molecule has 6 nitrogen and oxygen atoms in total. The summed E-state index contributed by atoms with van der Waals surface area (Å²) >= 11 is 0. The Hall–Kier alpha value is -0.120. The highest BCUT2D eigenvalue weighted by Gasteiger charge is 2.18. The lowest BCUT2D eigenvalue weighted by atomic mass is 10.0. The van der Waals surface area contributed by atoms with Gasteiger partial charge < -0.3 is 25.0 Å². The third kappa shape index (κ3) is 9.71. The standard InChI is InChI=1S/C19H38N4O2.HI/c1-20-19(22-11-12-23(2)18-6-3-4-7-18)21-10-5-13-25-16-17-8-14-24-15-9-17;/h17-18H,3-16H2,1-2H3,(H2,20,21,22);1H. The second-order valence-corrected chi connectivity index (χ2v) is 7.33. The quantitative estimate of drug-likeness (QED) is 0.217. The van der Waals surface area contributed by atoms with Crippen molar-refractivity contribution >= 4 is 29.9 Å². The predicted molar refractivity (Wildman–Crippen MR) is 119 cm³/mol. The van der Waals surface area contributed by atoms with Crippen LogP contribution in [0.15, 0.2) is 4.99 Å². The van der Waals surface area contributed by atoms with E-state index in [9.17, 15) is 0 Å². The number of ether oxygens (including phenoxy) is 2. The third-order valence-electron chi connectivity index (χ3n) is 5.38. The van der Waals surface area contributed by atoms with E-state index in [4.69, 9.17) is 9.47 Å². The van der Waals surface area contributed by atoms with Gasteiger partial charge in [0, 0.05) is 59.2 Å². The monoisotopic (exact) mass is 482 g/mol. The fourth-order valence-corrected chi connectivity index (χ4v) is 3.64. The Morgan fingerprint density at radius 2 is 1.81 bits per heavy atom. The summed E-state index contributed by atoms with van der Waals surface area (Å²) in [6, 6.07) is 0.782. The first-order valence-corrected chi connectivity index (χ1v) is 10.1. The van der Waals surface area contributed by atoms with Crippen LogP contribution in [0.2, 0.25) is 0 Å². The number of rotatable bonds is 10. The molecule has 26 heavy (non-hydrogen) atoms. The number of aliphatic imine (C=N–C) groups is 1. The minimum Gasteiger partial charge on any atom is -0.381 e. The van der Waals surface area contributed by atoms with Crippen molar-refractivity contribution in [3.8, 4) is 0 Å². The van der Waals surface area contributed by atoms with E-state index in [1.54, 1.807) is 0 Å². The fourth-order valence-electron chi connectivity index (χ4n) is 3.64. The minimum absolute atomic E-state index is 0. The van der Waals surface area contributed by atoms with Gasteiger partial charge in [0.05, 0.1) is 0 Å². The van der Waals surface area contributed by atoms with Crippen molar-refractivity contribution in [2.24, 2.45) is 10.9 Å². The lowest BCUT2D eigenvalue weighted by Crippen LogP contribution is -2.42. The molecule has 0 aromatic rings. The molecule has 0 aromatic heterocycles. The lowest BCUT2D eigenvalue weighted by molar-refractivity contribution is 0.0203. The number of likely N-dealkylation sites (N-methyl/N-ethyl adjacent to an activating group) is 1. The number of nitrogens with zero attached hydrogens (tertiary/aromatic N) is 2. The van der Waals surface area contributed by atoms with Gasteiger partial charge >= 0.3 is 0 Å². The first kappa shape index (κ1) is 23.9. The molecule has 1 aliphatic carbocycles. The molecule has 2 N–H and O–H groups in total. The van der Waals surface area contributed by atoms with Gasteiger partial charge in [-0.2, -0.15) is 0 Å². The number of hydrogen-bond acceptors (Lipinski definition) is 4. The maximum absolute atomic E-state index is 5.80. The summed E-state index contributed by atoms with van der Waals surface area (Å²) < 4.78 is 11.2. The van der Waals surface area contributed by atoms with Gasteiger partial charge in [-0.25, -0.2) is 0 Å². The Labute approximate surface area is 176 Å². The minimum atomic E-state index is 0. The number of guanidine groups is 1. The zero-order chi connectivity index (χ0) is 17.7. The SMILES string of the molecule is CN=C(NCCCOCC1CCOCC1)NCCN(C)C1CCCC1.I. The summed E-state index contributed by atoms with van der Waals surface area (Å²) in [6.45, 7) is 6.38. The summed E-state index contributed by atoms with van der Waals surface area (Å²) in [5, 5.41) is 6.78. The molecule has 0 aromatic carbocycles. The molecule has 1 saturated heterocycles. The van der Waals surface area contributed by atoms with Gasteiger partial charge in [0.15, 0.2) is 5.96 Å². The van der Waals surface area contributed by atoms with Gasteiger partial charge in [0.25, 0.3) is 0 Å². The largest absolute Gasteiger partial charge is 0.381 e. The van der Waals surface area contributed by atoms with Crippen LogP contribution in [0.1, 0.15) is 44.9 Å². The molecule has 154 valence electrons. The molecule has 0 spiro atoms. The Morgan fingerprint density at radius 3 is 2.50 bits per heavy atom. The van der Waals surface area contributed by atoms with E-state index in [1.165, 1.54) is 25.7 Å². The Morgan fingerprint density at radius 1 is 1.12 bits per heavy atom. The first-order valence-electron chi connectivity index (χ1n) is 10.1. The van der Waals surface area contributed by atoms with Crippen molar-refractivity contribution < 1.29 is 9.47 Å². The number of halogens is 1. The Bertz CT molecular complexity index is 373. The molecule has 0 bridgehead atoms. The predicted octanol–water partition coefficient (Wildman–Crippen LogP) is 2.48. The molecule has 0 unspecified atom stereocenters. The van der Waals surface area contributed by atoms with Gasteiger partial charge in [0.2, 0.25) is 0 Å². The van der Waals surface area contributed by atoms with Crippen molar-refractivity contribution in [1.82, 2.24) is 15.5 Å². The van der Waals surface area contributed by atoms with E-state index in [0.717, 1.165) is 77.3 Å². The van der Waals surface area contributed by atoms with Crippen LogP contribution in [-0.4, -0.2) is 77.1 Å². The molecule has 1 saturated carbocycles. The smallest absolute Gasteiger partial charge is 0.191 e. The molecule has 2 rings (SSSR count). The highest BCUT2D eigenvalue weighted by atomic mass is 127. The molecule has 1 aliphatic heterocycles. The van der Waals surface area contributed by atoms with Gasteiger partial charge in [-0.1, -0.05) is 12.8 Å². The number of hydrogen-bond donors (Lipinski definition) is 2. The molecule has 2 aliphatic rings. The van der Waals surface area contributed by atoms with Crippen molar-refractivity contribution in [3.63, 3.8) is 0 Å². The van der Waals surface area contributed by atoms with Crippen LogP contribution >= 0.6 is 24.0 Å². The van der Waals surface area contributed by atoms with Gasteiger partial charge in [-0.15, -0.1) is 24.0 Å². The normalized spacial score (nSPS) is 19.6. The van der Waals surface area contributed by atoms with Crippen molar-refractivity contribution in [2.75, 3.05) is 60.2 Å².